The Morgan fingerprint density at radius 1 is 1.00 bits per heavy atom. The van der Waals surface area contributed by atoms with Crippen molar-refractivity contribution < 1.29 is 9.53 Å². The highest BCUT2D eigenvalue weighted by molar-refractivity contribution is 8.00. The predicted molar refractivity (Wildman–Crippen MR) is 137 cm³/mol. The van der Waals surface area contributed by atoms with Gasteiger partial charge in [-0.1, -0.05) is 65.8 Å². The number of rotatable bonds is 8. The number of amides is 1. The molecule has 0 radical (unpaired) electrons. The largest absolute Gasteiger partial charge is 0.481 e. The molecule has 0 saturated heterocycles. The Balaban J connectivity index is 1.59. The number of carbonyl (C=O) groups is 1. The highest BCUT2D eigenvalue weighted by Crippen LogP contribution is 2.32. The number of aryl methyl sites for hydroxylation is 1. The Morgan fingerprint density at radius 3 is 2.47 bits per heavy atom. The average Bonchev–Trinajstić information content (AvgIpc) is 3.24. The molecule has 1 amide bonds. The lowest BCUT2D eigenvalue weighted by Gasteiger charge is -2.18. The summed E-state index contributed by atoms with van der Waals surface area (Å²) in [5.74, 6) is 1.07. The maximum absolute atomic E-state index is 12.9. The van der Waals surface area contributed by atoms with Crippen LogP contribution >= 0.6 is 23.4 Å². The van der Waals surface area contributed by atoms with E-state index in [1.165, 1.54) is 11.8 Å². The van der Waals surface area contributed by atoms with Gasteiger partial charge in [0.05, 0.1) is 10.3 Å². The molecule has 8 heteroatoms. The van der Waals surface area contributed by atoms with Gasteiger partial charge in [-0.2, -0.15) is 0 Å². The molecule has 3 aromatic carbocycles. The number of anilines is 1. The summed E-state index contributed by atoms with van der Waals surface area (Å²) in [6.07, 6.45) is -0.432. The lowest BCUT2D eigenvalue weighted by Crippen LogP contribution is -2.23. The predicted octanol–water partition coefficient (Wildman–Crippen LogP) is 6.49. The number of ether oxygens (including phenoxy) is 1. The Labute approximate surface area is 208 Å². The average molecular weight is 493 g/mol. The van der Waals surface area contributed by atoms with Gasteiger partial charge < -0.3 is 10.1 Å². The van der Waals surface area contributed by atoms with Gasteiger partial charge in [0.2, 0.25) is 5.91 Å². The second-order valence-corrected chi connectivity index (χ2v) is 9.54. The fraction of sp³-hybridized carbons (Fsp3) is 0.192. The number of nitrogens with zero attached hydrogens (tertiary/aromatic N) is 3. The van der Waals surface area contributed by atoms with Crippen LogP contribution in [0.2, 0.25) is 5.02 Å². The summed E-state index contributed by atoms with van der Waals surface area (Å²) in [4.78, 5) is 12.9. The maximum Gasteiger partial charge on any atom is 0.237 e. The van der Waals surface area contributed by atoms with E-state index in [-0.39, 0.29) is 5.91 Å². The molecule has 4 rings (SSSR count). The van der Waals surface area contributed by atoms with Gasteiger partial charge in [-0.15, -0.1) is 10.2 Å². The fourth-order valence-electron chi connectivity index (χ4n) is 3.40. The van der Waals surface area contributed by atoms with Gasteiger partial charge >= 0.3 is 0 Å². The van der Waals surface area contributed by atoms with Crippen LogP contribution < -0.4 is 10.1 Å². The summed E-state index contributed by atoms with van der Waals surface area (Å²) >= 11 is 7.62. The quantitative estimate of drug-likeness (QED) is 0.285. The number of halogens is 1. The van der Waals surface area contributed by atoms with Gasteiger partial charge in [0.15, 0.2) is 17.1 Å². The van der Waals surface area contributed by atoms with E-state index in [0.29, 0.717) is 21.8 Å². The van der Waals surface area contributed by atoms with E-state index in [4.69, 9.17) is 16.3 Å². The van der Waals surface area contributed by atoms with Crippen LogP contribution in [0, 0.1) is 6.92 Å². The molecule has 1 N–H and O–H groups in total. The monoisotopic (exact) mass is 492 g/mol. The van der Waals surface area contributed by atoms with E-state index < -0.39 is 11.4 Å². The molecule has 0 aliphatic rings. The van der Waals surface area contributed by atoms with Crippen molar-refractivity contribution in [3.8, 4) is 11.4 Å². The molecule has 6 nitrogen and oxygen atoms in total. The number of hydrogen-bond acceptors (Lipinski definition) is 5. The fourth-order valence-corrected chi connectivity index (χ4v) is 4.46. The Kier molecular flexibility index (Phi) is 7.55. The summed E-state index contributed by atoms with van der Waals surface area (Å²) in [6, 6.07) is 24.8. The van der Waals surface area contributed by atoms with E-state index in [0.717, 1.165) is 16.9 Å². The van der Waals surface area contributed by atoms with Crippen molar-refractivity contribution in [2.24, 2.45) is 0 Å². The first kappa shape index (κ1) is 23.9. The number of carbonyl (C=O) groups excluding carboxylic acids is 1. The molecule has 0 bridgehead atoms. The molecule has 34 heavy (non-hydrogen) atoms. The summed E-state index contributed by atoms with van der Waals surface area (Å²) < 4.78 is 8.02. The molecule has 0 fully saturated rings. The SMILES string of the molecule is Cc1cccc(NC(=O)C(C)Sc2nnc(C(C)Oc3ccccc3Cl)n2-c2ccccc2)c1. The van der Waals surface area contributed by atoms with E-state index in [1.54, 1.807) is 6.07 Å². The number of para-hydroxylation sites is 2. The minimum Gasteiger partial charge on any atom is -0.481 e. The standard InChI is InChI=1S/C26H25ClN4O2S/c1-17-10-9-11-20(16-17)28-25(32)19(3)34-26-30-29-24(31(26)21-12-5-4-6-13-21)18(2)33-23-15-8-7-14-22(23)27/h4-16,18-19H,1-3H3,(H,28,32). The van der Waals surface area contributed by atoms with Gasteiger partial charge in [-0.3, -0.25) is 9.36 Å². The Morgan fingerprint density at radius 2 is 1.74 bits per heavy atom. The second-order valence-electron chi connectivity index (χ2n) is 7.82. The van der Waals surface area contributed by atoms with Crippen molar-refractivity contribution in [2.75, 3.05) is 5.32 Å². The summed E-state index contributed by atoms with van der Waals surface area (Å²) in [6.45, 7) is 5.74. The molecule has 1 heterocycles. The van der Waals surface area contributed by atoms with Crippen LogP contribution in [0.15, 0.2) is 84.0 Å². The van der Waals surface area contributed by atoms with Crippen LogP contribution in [0.3, 0.4) is 0 Å². The third kappa shape index (κ3) is 5.61. The molecule has 174 valence electrons. The van der Waals surface area contributed by atoms with E-state index in [9.17, 15) is 4.79 Å². The normalized spacial score (nSPS) is 12.7. The molecule has 0 aliphatic carbocycles. The van der Waals surface area contributed by atoms with Crippen LogP contribution in [-0.2, 0) is 4.79 Å². The minimum absolute atomic E-state index is 0.111. The number of nitrogens with one attached hydrogen (secondary N) is 1. The molecule has 0 saturated carbocycles. The first-order valence-electron chi connectivity index (χ1n) is 10.9. The lowest BCUT2D eigenvalue weighted by molar-refractivity contribution is -0.115. The Bertz CT molecular complexity index is 1280. The smallest absolute Gasteiger partial charge is 0.237 e. The molecule has 1 aromatic heterocycles. The van der Waals surface area contributed by atoms with Crippen molar-refractivity contribution in [1.29, 1.82) is 0 Å². The van der Waals surface area contributed by atoms with E-state index >= 15 is 0 Å². The van der Waals surface area contributed by atoms with Gasteiger partial charge in [0.25, 0.3) is 0 Å². The zero-order valence-corrected chi connectivity index (χ0v) is 20.7. The number of benzene rings is 3. The van der Waals surface area contributed by atoms with Crippen LogP contribution in [0.25, 0.3) is 5.69 Å². The van der Waals surface area contributed by atoms with Gasteiger partial charge in [-0.05, 0) is 62.7 Å². The van der Waals surface area contributed by atoms with E-state index in [1.807, 2.05) is 98.1 Å². The van der Waals surface area contributed by atoms with Crippen LogP contribution in [0.1, 0.15) is 31.3 Å². The second kappa shape index (κ2) is 10.8. The first-order chi connectivity index (χ1) is 16.4. The zero-order valence-electron chi connectivity index (χ0n) is 19.1. The third-order valence-electron chi connectivity index (χ3n) is 5.11. The summed E-state index contributed by atoms with van der Waals surface area (Å²) in [5, 5.41) is 12.5. The molecule has 2 unspecified atom stereocenters. The van der Waals surface area contributed by atoms with Crippen molar-refractivity contribution >= 4 is 35.0 Å². The summed E-state index contributed by atoms with van der Waals surface area (Å²) in [7, 11) is 0. The van der Waals surface area contributed by atoms with Crippen LogP contribution in [0.4, 0.5) is 5.69 Å². The topological polar surface area (TPSA) is 69.0 Å². The van der Waals surface area contributed by atoms with Gasteiger partial charge in [0.1, 0.15) is 5.75 Å². The van der Waals surface area contributed by atoms with Crippen molar-refractivity contribution in [2.45, 2.75) is 37.3 Å². The van der Waals surface area contributed by atoms with Gasteiger partial charge in [-0.25, -0.2) is 0 Å². The molecule has 2 atom stereocenters. The van der Waals surface area contributed by atoms with Crippen molar-refractivity contribution in [3.63, 3.8) is 0 Å². The summed E-state index contributed by atoms with van der Waals surface area (Å²) in [5.41, 5.74) is 2.73. The maximum atomic E-state index is 12.9. The van der Waals surface area contributed by atoms with Crippen LogP contribution in [0.5, 0.6) is 5.75 Å². The van der Waals surface area contributed by atoms with Crippen LogP contribution in [-0.4, -0.2) is 25.9 Å². The third-order valence-corrected chi connectivity index (χ3v) is 6.47. The molecule has 0 aliphatic heterocycles. The van der Waals surface area contributed by atoms with Crippen molar-refractivity contribution in [1.82, 2.24) is 14.8 Å². The molecular formula is C26H25ClN4O2S. The van der Waals surface area contributed by atoms with Gasteiger partial charge in [0, 0.05) is 11.4 Å². The number of aromatic nitrogens is 3. The lowest BCUT2D eigenvalue weighted by atomic mass is 10.2. The highest BCUT2D eigenvalue weighted by atomic mass is 35.5. The number of thioether (sulfide) groups is 1. The zero-order chi connectivity index (χ0) is 24.1. The first-order valence-corrected chi connectivity index (χ1v) is 12.1. The van der Waals surface area contributed by atoms with Crippen molar-refractivity contribution in [3.05, 3.63) is 95.3 Å². The minimum atomic E-state index is -0.432. The highest BCUT2D eigenvalue weighted by Gasteiger charge is 2.25. The number of hydrogen-bond donors (Lipinski definition) is 1. The molecule has 4 aromatic rings. The van der Waals surface area contributed by atoms with E-state index in [2.05, 4.69) is 15.5 Å². The Hall–Kier alpha value is -3.29. The molecule has 0 spiro atoms. The molecular weight excluding hydrogens is 468 g/mol.